The number of hydrogen-bond acceptors (Lipinski definition) is 2. The van der Waals surface area contributed by atoms with Crippen molar-refractivity contribution in [3.63, 3.8) is 0 Å². The van der Waals surface area contributed by atoms with Crippen molar-refractivity contribution in [3.8, 4) is 0 Å². The monoisotopic (exact) mass is 161 g/mol. The minimum atomic E-state index is 0. The van der Waals surface area contributed by atoms with Crippen LogP contribution in [0.5, 0.6) is 0 Å². The van der Waals surface area contributed by atoms with E-state index in [1.54, 1.807) is 10.9 Å². The van der Waals surface area contributed by atoms with E-state index in [1.807, 2.05) is 7.05 Å². The van der Waals surface area contributed by atoms with Crippen LogP contribution in [0.25, 0.3) is 0 Å². The molecule has 4 heteroatoms. The van der Waals surface area contributed by atoms with E-state index in [0.717, 1.165) is 17.8 Å². The molecule has 0 bridgehead atoms. The van der Waals surface area contributed by atoms with Crippen molar-refractivity contribution in [1.82, 2.24) is 9.78 Å². The highest BCUT2D eigenvalue weighted by Gasteiger charge is 1.99. The summed E-state index contributed by atoms with van der Waals surface area (Å²) in [7, 11) is 1.90. The fourth-order valence-corrected chi connectivity index (χ4v) is 0.913. The standard InChI is InChI=1S/C6H11N3.ClH/c1-3-6-5(7)4-8-9(6)2;/h4H,3,7H2,1-2H3;1H. The first-order valence-electron chi connectivity index (χ1n) is 3.02. The highest BCUT2D eigenvalue weighted by molar-refractivity contribution is 5.85. The molecule has 0 radical (unpaired) electrons. The lowest BCUT2D eigenvalue weighted by atomic mass is 10.3. The van der Waals surface area contributed by atoms with Gasteiger partial charge in [-0.3, -0.25) is 4.68 Å². The van der Waals surface area contributed by atoms with Crippen LogP contribution in [0.15, 0.2) is 6.20 Å². The van der Waals surface area contributed by atoms with Gasteiger partial charge in [-0.15, -0.1) is 12.4 Å². The van der Waals surface area contributed by atoms with Crippen molar-refractivity contribution >= 4 is 18.1 Å². The molecule has 0 saturated heterocycles. The van der Waals surface area contributed by atoms with Crippen molar-refractivity contribution < 1.29 is 0 Å². The van der Waals surface area contributed by atoms with E-state index in [9.17, 15) is 0 Å². The average Bonchev–Trinajstić information content (AvgIpc) is 2.12. The second kappa shape index (κ2) is 3.46. The summed E-state index contributed by atoms with van der Waals surface area (Å²) in [5.41, 5.74) is 7.47. The second-order valence-electron chi connectivity index (χ2n) is 2.02. The summed E-state index contributed by atoms with van der Waals surface area (Å²) in [6.07, 6.45) is 2.63. The van der Waals surface area contributed by atoms with Gasteiger partial charge in [0.05, 0.1) is 17.6 Å². The third kappa shape index (κ3) is 1.42. The molecule has 0 aromatic carbocycles. The Morgan fingerprint density at radius 3 is 2.50 bits per heavy atom. The van der Waals surface area contributed by atoms with Crippen LogP contribution in [0.1, 0.15) is 12.6 Å². The van der Waals surface area contributed by atoms with Crippen molar-refractivity contribution in [2.75, 3.05) is 5.73 Å². The summed E-state index contributed by atoms with van der Waals surface area (Å²) >= 11 is 0. The number of aromatic nitrogens is 2. The normalized spacial score (nSPS) is 9.00. The number of hydrogen-bond donors (Lipinski definition) is 1. The number of nitrogens with zero attached hydrogens (tertiary/aromatic N) is 2. The fraction of sp³-hybridized carbons (Fsp3) is 0.500. The summed E-state index contributed by atoms with van der Waals surface area (Å²) < 4.78 is 1.80. The van der Waals surface area contributed by atoms with Gasteiger partial charge in [-0.2, -0.15) is 5.10 Å². The van der Waals surface area contributed by atoms with Gasteiger partial charge in [-0.05, 0) is 6.42 Å². The van der Waals surface area contributed by atoms with Gasteiger partial charge >= 0.3 is 0 Å². The summed E-state index contributed by atoms with van der Waals surface area (Å²) in [6, 6.07) is 0. The molecule has 0 fully saturated rings. The zero-order chi connectivity index (χ0) is 6.85. The van der Waals surface area contributed by atoms with E-state index in [2.05, 4.69) is 12.0 Å². The Balaban J connectivity index is 0.000000810. The molecule has 1 aromatic rings. The first-order valence-corrected chi connectivity index (χ1v) is 3.02. The molecular weight excluding hydrogens is 150 g/mol. The molecule has 0 atom stereocenters. The summed E-state index contributed by atoms with van der Waals surface area (Å²) in [5.74, 6) is 0. The molecule has 1 rings (SSSR count). The first-order chi connectivity index (χ1) is 4.25. The number of anilines is 1. The zero-order valence-electron chi connectivity index (χ0n) is 6.16. The van der Waals surface area contributed by atoms with Gasteiger partial charge in [0.1, 0.15) is 0 Å². The molecular formula is C6H12ClN3. The molecule has 0 aliphatic carbocycles. The van der Waals surface area contributed by atoms with Gasteiger partial charge in [0.15, 0.2) is 0 Å². The molecule has 1 heterocycles. The zero-order valence-corrected chi connectivity index (χ0v) is 6.98. The molecule has 10 heavy (non-hydrogen) atoms. The van der Waals surface area contributed by atoms with Crippen molar-refractivity contribution in [1.29, 1.82) is 0 Å². The van der Waals surface area contributed by atoms with E-state index in [0.29, 0.717) is 0 Å². The van der Waals surface area contributed by atoms with Gasteiger partial charge in [0.25, 0.3) is 0 Å². The van der Waals surface area contributed by atoms with Gasteiger partial charge in [-0.1, -0.05) is 6.92 Å². The van der Waals surface area contributed by atoms with Crippen LogP contribution in [-0.2, 0) is 13.5 Å². The maximum Gasteiger partial charge on any atom is 0.0732 e. The maximum atomic E-state index is 5.57. The number of rotatable bonds is 1. The molecule has 0 spiro atoms. The fourth-order valence-electron chi connectivity index (χ4n) is 0.913. The van der Waals surface area contributed by atoms with Crippen LogP contribution in [0.4, 0.5) is 5.69 Å². The lowest BCUT2D eigenvalue weighted by molar-refractivity contribution is 0.719. The second-order valence-corrected chi connectivity index (χ2v) is 2.02. The lowest BCUT2D eigenvalue weighted by Crippen LogP contribution is -1.98. The minimum absolute atomic E-state index is 0. The number of nitrogen functional groups attached to an aromatic ring is 1. The summed E-state index contributed by atoms with van der Waals surface area (Å²) in [6.45, 7) is 2.06. The van der Waals surface area contributed by atoms with Gasteiger partial charge < -0.3 is 5.73 Å². The van der Waals surface area contributed by atoms with Gasteiger partial charge in [-0.25, -0.2) is 0 Å². The van der Waals surface area contributed by atoms with E-state index in [-0.39, 0.29) is 12.4 Å². The Hall–Kier alpha value is -0.700. The highest BCUT2D eigenvalue weighted by atomic mass is 35.5. The van der Waals surface area contributed by atoms with Crippen LogP contribution < -0.4 is 5.73 Å². The Morgan fingerprint density at radius 2 is 2.30 bits per heavy atom. The molecule has 0 aliphatic rings. The third-order valence-corrected chi connectivity index (χ3v) is 1.43. The predicted molar refractivity (Wildman–Crippen MR) is 44.2 cm³/mol. The number of nitrogens with two attached hydrogens (primary N) is 1. The average molecular weight is 162 g/mol. The van der Waals surface area contributed by atoms with E-state index < -0.39 is 0 Å². The topological polar surface area (TPSA) is 43.8 Å². The van der Waals surface area contributed by atoms with Crippen LogP contribution in [0.3, 0.4) is 0 Å². The molecule has 3 nitrogen and oxygen atoms in total. The molecule has 0 saturated carbocycles. The van der Waals surface area contributed by atoms with Crippen LogP contribution in [-0.4, -0.2) is 9.78 Å². The molecule has 58 valence electrons. The summed E-state index contributed by atoms with van der Waals surface area (Å²) in [4.78, 5) is 0. The highest BCUT2D eigenvalue weighted by Crippen LogP contribution is 2.08. The maximum absolute atomic E-state index is 5.57. The third-order valence-electron chi connectivity index (χ3n) is 1.43. The van der Waals surface area contributed by atoms with E-state index >= 15 is 0 Å². The van der Waals surface area contributed by atoms with Crippen molar-refractivity contribution in [2.24, 2.45) is 7.05 Å². The van der Waals surface area contributed by atoms with Crippen LogP contribution >= 0.6 is 12.4 Å². The number of aryl methyl sites for hydroxylation is 1. The lowest BCUT2D eigenvalue weighted by Gasteiger charge is -1.96. The van der Waals surface area contributed by atoms with Crippen molar-refractivity contribution in [3.05, 3.63) is 11.9 Å². The molecule has 0 unspecified atom stereocenters. The molecule has 0 aliphatic heterocycles. The van der Waals surface area contributed by atoms with Crippen molar-refractivity contribution in [2.45, 2.75) is 13.3 Å². The SMILES string of the molecule is CCc1c(N)cnn1C.Cl. The Labute approximate surface area is 66.6 Å². The smallest absolute Gasteiger partial charge is 0.0732 e. The largest absolute Gasteiger partial charge is 0.396 e. The first kappa shape index (κ1) is 9.30. The predicted octanol–water partition coefficient (Wildman–Crippen LogP) is 0.986. The molecule has 1 aromatic heterocycles. The minimum Gasteiger partial charge on any atom is -0.396 e. The Kier molecular flexibility index (Phi) is 3.22. The molecule has 2 N–H and O–H groups in total. The Morgan fingerprint density at radius 1 is 1.70 bits per heavy atom. The van der Waals surface area contributed by atoms with Crippen LogP contribution in [0.2, 0.25) is 0 Å². The van der Waals surface area contributed by atoms with E-state index in [1.165, 1.54) is 0 Å². The van der Waals surface area contributed by atoms with E-state index in [4.69, 9.17) is 5.73 Å². The number of halogens is 1. The Bertz CT molecular complexity index is 187. The molecule has 0 amide bonds. The summed E-state index contributed by atoms with van der Waals surface area (Å²) in [5, 5.41) is 3.98. The quantitative estimate of drug-likeness (QED) is 0.668. The van der Waals surface area contributed by atoms with Gasteiger partial charge in [0.2, 0.25) is 0 Å². The van der Waals surface area contributed by atoms with Crippen LogP contribution in [0, 0.1) is 0 Å². The van der Waals surface area contributed by atoms with Gasteiger partial charge in [0, 0.05) is 7.05 Å².